The summed E-state index contributed by atoms with van der Waals surface area (Å²) in [5.74, 6) is -0.0888. The lowest BCUT2D eigenvalue weighted by atomic mass is 9.91. The lowest BCUT2D eigenvalue weighted by Crippen LogP contribution is -2.54. The fraction of sp³-hybridized carbons (Fsp3) is 0.929. The number of hydrogen-bond donors (Lipinski definition) is 2. The van der Waals surface area contributed by atoms with E-state index in [1.165, 1.54) is 0 Å². The molecule has 0 aromatic heterocycles. The smallest absolute Gasteiger partial charge is 0.323 e. The van der Waals surface area contributed by atoms with E-state index in [1.54, 1.807) is 6.92 Å². The maximum absolute atomic E-state index is 11.4. The van der Waals surface area contributed by atoms with Crippen LogP contribution in [0.4, 0.5) is 0 Å². The van der Waals surface area contributed by atoms with Gasteiger partial charge in [0.2, 0.25) is 0 Å². The van der Waals surface area contributed by atoms with E-state index in [0.29, 0.717) is 18.4 Å². The Kier molecular flexibility index (Phi) is 7.44. The van der Waals surface area contributed by atoms with Crippen molar-refractivity contribution in [1.29, 1.82) is 0 Å². The van der Waals surface area contributed by atoms with Crippen LogP contribution in [0.5, 0.6) is 0 Å². The summed E-state index contributed by atoms with van der Waals surface area (Å²) in [4.78, 5) is 11.4. The molecule has 0 aromatic rings. The summed E-state index contributed by atoms with van der Waals surface area (Å²) < 4.78 is 0. The van der Waals surface area contributed by atoms with Gasteiger partial charge in [0.15, 0.2) is 0 Å². The average molecular weight is 243 g/mol. The minimum absolute atomic E-state index is 0.303. The van der Waals surface area contributed by atoms with Gasteiger partial charge in [-0.2, -0.15) is 0 Å². The number of hydrogen-bond acceptors (Lipinski definition) is 2. The van der Waals surface area contributed by atoms with Crippen molar-refractivity contribution in [3.05, 3.63) is 0 Å². The summed E-state index contributed by atoms with van der Waals surface area (Å²) in [5.41, 5.74) is -0.775. The highest BCUT2D eigenvalue weighted by molar-refractivity contribution is 5.78. The molecule has 0 saturated heterocycles. The molecule has 3 nitrogen and oxygen atoms in total. The zero-order valence-electron chi connectivity index (χ0n) is 12.0. The molecular formula is C14H29NO2. The Morgan fingerprint density at radius 3 is 2.24 bits per heavy atom. The molecular weight excluding hydrogens is 214 g/mol. The summed E-state index contributed by atoms with van der Waals surface area (Å²) in [6.45, 7) is 10.4. The molecule has 3 atom stereocenters. The van der Waals surface area contributed by atoms with Crippen LogP contribution in [0.2, 0.25) is 0 Å². The summed E-state index contributed by atoms with van der Waals surface area (Å²) in [6.07, 6.45) is 4.75. The third-order valence-electron chi connectivity index (χ3n) is 3.62. The predicted octanol–water partition coefficient (Wildman–Crippen LogP) is 3.43. The molecule has 0 rings (SSSR count). The molecule has 0 radical (unpaired) electrons. The van der Waals surface area contributed by atoms with Crippen LogP contribution in [0, 0.1) is 5.92 Å². The van der Waals surface area contributed by atoms with Crippen molar-refractivity contribution in [2.45, 2.75) is 78.3 Å². The van der Waals surface area contributed by atoms with Crippen molar-refractivity contribution in [2.75, 3.05) is 0 Å². The zero-order chi connectivity index (χ0) is 13.5. The van der Waals surface area contributed by atoms with Gasteiger partial charge in [-0.05, 0) is 32.1 Å². The summed E-state index contributed by atoms with van der Waals surface area (Å²) in [5, 5.41) is 12.7. The predicted molar refractivity (Wildman–Crippen MR) is 72.2 cm³/mol. The highest BCUT2D eigenvalue weighted by Crippen LogP contribution is 2.19. The van der Waals surface area contributed by atoms with Crippen molar-refractivity contribution >= 4 is 5.97 Å². The summed E-state index contributed by atoms with van der Waals surface area (Å²) >= 11 is 0. The SMILES string of the molecule is CCCC(C)(NC(CC)CC(C)CC)C(=O)O. The third-order valence-corrected chi connectivity index (χ3v) is 3.62. The topological polar surface area (TPSA) is 49.3 Å². The molecule has 0 aliphatic heterocycles. The Hall–Kier alpha value is -0.570. The lowest BCUT2D eigenvalue weighted by molar-refractivity contribution is -0.145. The highest BCUT2D eigenvalue weighted by Gasteiger charge is 2.33. The van der Waals surface area contributed by atoms with Gasteiger partial charge in [-0.3, -0.25) is 10.1 Å². The maximum Gasteiger partial charge on any atom is 0.323 e. The van der Waals surface area contributed by atoms with Crippen LogP contribution in [0.1, 0.15) is 66.7 Å². The fourth-order valence-electron chi connectivity index (χ4n) is 2.17. The minimum atomic E-state index is -0.775. The standard InChI is InChI=1S/C14H29NO2/c1-6-9-14(5,13(16)17)15-12(8-3)10-11(4)7-2/h11-12,15H,6-10H2,1-5H3,(H,16,17). The molecule has 0 amide bonds. The molecule has 3 heteroatoms. The first-order valence-electron chi connectivity index (χ1n) is 6.90. The average Bonchev–Trinajstić information content (AvgIpc) is 2.28. The maximum atomic E-state index is 11.4. The Balaban J connectivity index is 4.54. The van der Waals surface area contributed by atoms with Gasteiger partial charge in [-0.1, -0.05) is 40.5 Å². The van der Waals surface area contributed by atoms with E-state index in [4.69, 9.17) is 0 Å². The van der Waals surface area contributed by atoms with Gasteiger partial charge in [0.05, 0.1) is 0 Å². The van der Waals surface area contributed by atoms with Crippen molar-refractivity contribution in [1.82, 2.24) is 5.32 Å². The summed E-state index contributed by atoms with van der Waals surface area (Å²) in [6, 6.07) is 0.303. The zero-order valence-corrected chi connectivity index (χ0v) is 12.0. The van der Waals surface area contributed by atoms with E-state index in [1.807, 2.05) is 6.92 Å². The van der Waals surface area contributed by atoms with Crippen LogP contribution in [0.15, 0.2) is 0 Å². The van der Waals surface area contributed by atoms with E-state index in [0.717, 1.165) is 25.7 Å². The van der Waals surface area contributed by atoms with Crippen molar-refractivity contribution in [3.63, 3.8) is 0 Å². The molecule has 0 aromatic carbocycles. The van der Waals surface area contributed by atoms with Crippen molar-refractivity contribution < 1.29 is 9.90 Å². The number of carboxylic acids is 1. The van der Waals surface area contributed by atoms with Crippen LogP contribution in [0.25, 0.3) is 0 Å². The first-order chi connectivity index (χ1) is 7.89. The first kappa shape index (κ1) is 16.4. The van der Waals surface area contributed by atoms with Gasteiger partial charge in [0.25, 0.3) is 0 Å². The monoisotopic (exact) mass is 243 g/mol. The Morgan fingerprint density at radius 1 is 1.29 bits per heavy atom. The van der Waals surface area contributed by atoms with E-state index in [9.17, 15) is 9.90 Å². The van der Waals surface area contributed by atoms with E-state index in [2.05, 4.69) is 26.1 Å². The van der Waals surface area contributed by atoms with E-state index in [-0.39, 0.29) is 0 Å². The quantitative estimate of drug-likeness (QED) is 0.652. The fourth-order valence-corrected chi connectivity index (χ4v) is 2.17. The molecule has 0 fully saturated rings. The lowest BCUT2D eigenvalue weighted by Gasteiger charge is -2.32. The second kappa shape index (κ2) is 7.70. The van der Waals surface area contributed by atoms with Crippen LogP contribution < -0.4 is 5.32 Å². The summed E-state index contributed by atoms with van der Waals surface area (Å²) in [7, 11) is 0. The van der Waals surface area contributed by atoms with Gasteiger partial charge in [0, 0.05) is 6.04 Å². The Bertz CT molecular complexity index is 230. The van der Waals surface area contributed by atoms with Gasteiger partial charge >= 0.3 is 5.97 Å². The second-order valence-corrected chi connectivity index (χ2v) is 5.39. The number of carbonyl (C=O) groups is 1. The molecule has 0 heterocycles. The van der Waals surface area contributed by atoms with Gasteiger partial charge < -0.3 is 5.11 Å². The second-order valence-electron chi connectivity index (χ2n) is 5.39. The van der Waals surface area contributed by atoms with Crippen molar-refractivity contribution in [3.8, 4) is 0 Å². The number of carboxylic acid groups (broad SMARTS) is 1. The minimum Gasteiger partial charge on any atom is -0.480 e. The van der Waals surface area contributed by atoms with Crippen LogP contribution in [0.3, 0.4) is 0 Å². The molecule has 0 aliphatic rings. The number of aliphatic carboxylic acids is 1. The Labute approximate surface area is 106 Å². The number of nitrogens with one attached hydrogen (secondary N) is 1. The molecule has 17 heavy (non-hydrogen) atoms. The molecule has 0 spiro atoms. The van der Waals surface area contributed by atoms with Crippen molar-refractivity contribution in [2.24, 2.45) is 5.92 Å². The molecule has 0 saturated carbocycles. The van der Waals surface area contributed by atoms with Crippen LogP contribution in [-0.2, 0) is 4.79 Å². The van der Waals surface area contributed by atoms with Gasteiger partial charge in [-0.25, -0.2) is 0 Å². The third kappa shape index (κ3) is 5.53. The van der Waals surface area contributed by atoms with Gasteiger partial charge in [-0.15, -0.1) is 0 Å². The van der Waals surface area contributed by atoms with Crippen LogP contribution in [-0.4, -0.2) is 22.7 Å². The van der Waals surface area contributed by atoms with Crippen LogP contribution >= 0.6 is 0 Å². The normalized spacial score (nSPS) is 18.4. The highest BCUT2D eigenvalue weighted by atomic mass is 16.4. The van der Waals surface area contributed by atoms with E-state index >= 15 is 0 Å². The molecule has 102 valence electrons. The molecule has 0 aliphatic carbocycles. The first-order valence-corrected chi connectivity index (χ1v) is 6.90. The van der Waals surface area contributed by atoms with E-state index < -0.39 is 11.5 Å². The molecule has 0 bridgehead atoms. The largest absolute Gasteiger partial charge is 0.480 e. The number of rotatable bonds is 9. The molecule has 3 unspecified atom stereocenters. The Morgan fingerprint density at radius 2 is 1.88 bits per heavy atom. The molecule has 2 N–H and O–H groups in total. The van der Waals surface area contributed by atoms with Gasteiger partial charge in [0.1, 0.15) is 5.54 Å².